The van der Waals surface area contributed by atoms with E-state index in [1.54, 1.807) is 12.1 Å². The van der Waals surface area contributed by atoms with Crippen LogP contribution in [0.3, 0.4) is 0 Å². The number of nitrogens with one attached hydrogen (secondary N) is 2. The summed E-state index contributed by atoms with van der Waals surface area (Å²) >= 11 is 0. The lowest BCUT2D eigenvalue weighted by atomic mass is 10.0. The van der Waals surface area contributed by atoms with Crippen LogP contribution in [0, 0.1) is 0 Å². The van der Waals surface area contributed by atoms with Gasteiger partial charge in [0.1, 0.15) is 0 Å². The Morgan fingerprint density at radius 2 is 1.68 bits per heavy atom. The zero-order valence-corrected chi connectivity index (χ0v) is 14.4. The number of carbonyl (C=O) groups is 2. The second kappa shape index (κ2) is 9.59. The maximum absolute atomic E-state index is 12.2. The van der Waals surface area contributed by atoms with Gasteiger partial charge in [0.25, 0.3) is 0 Å². The van der Waals surface area contributed by atoms with E-state index in [0.29, 0.717) is 18.5 Å². The molecule has 1 atom stereocenters. The maximum atomic E-state index is 12.2. The molecule has 2 rings (SSSR count). The molecule has 2 aromatic carbocycles. The topological polar surface area (TPSA) is 78.4 Å². The molecule has 3 N–H and O–H groups in total. The van der Waals surface area contributed by atoms with Gasteiger partial charge in [-0.3, -0.25) is 9.59 Å². The molecule has 0 radical (unpaired) electrons. The van der Waals surface area contributed by atoms with E-state index in [9.17, 15) is 9.59 Å². The molecule has 2 aromatic rings. The molecule has 5 heteroatoms. The molecule has 0 fully saturated rings. The number of hydrogen-bond donors (Lipinski definition) is 3. The monoisotopic (exact) mass is 340 g/mol. The highest BCUT2D eigenvalue weighted by atomic mass is 16.3. The van der Waals surface area contributed by atoms with Gasteiger partial charge in [-0.25, -0.2) is 0 Å². The molecule has 0 spiro atoms. The fraction of sp³-hybridized carbons (Fsp3) is 0.300. The third-order valence-corrected chi connectivity index (χ3v) is 3.98. The van der Waals surface area contributed by atoms with Crippen molar-refractivity contribution in [2.75, 3.05) is 11.9 Å². The molecule has 0 saturated heterocycles. The van der Waals surface area contributed by atoms with Gasteiger partial charge in [0.05, 0.1) is 6.04 Å². The van der Waals surface area contributed by atoms with Crippen LogP contribution in [0.5, 0.6) is 0 Å². The van der Waals surface area contributed by atoms with Crippen LogP contribution in [0.15, 0.2) is 54.6 Å². The van der Waals surface area contributed by atoms with Gasteiger partial charge < -0.3 is 15.7 Å². The number of aliphatic hydroxyl groups excluding tert-OH is 1. The number of aliphatic hydroxyl groups is 1. The standard InChI is InChI=1S/C20H24N2O3/c1-2-15-10-12-17(13-11-15)21-19(24)20(25)22-18(9-6-14-23)16-7-4-3-5-8-16/h3-5,7-8,10-13,18,23H,2,6,9,14H2,1H3,(H,21,24)(H,22,25). The smallest absolute Gasteiger partial charge is 0.313 e. The molecule has 25 heavy (non-hydrogen) atoms. The Hall–Kier alpha value is -2.66. The van der Waals surface area contributed by atoms with Crippen molar-refractivity contribution >= 4 is 17.5 Å². The molecule has 0 aliphatic carbocycles. The van der Waals surface area contributed by atoms with E-state index < -0.39 is 11.8 Å². The van der Waals surface area contributed by atoms with Gasteiger partial charge in [0.15, 0.2) is 0 Å². The van der Waals surface area contributed by atoms with E-state index in [1.165, 1.54) is 0 Å². The number of amides is 2. The highest BCUT2D eigenvalue weighted by molar-refractivity contribution is 6.39. The predicted molar refractivity (Wildman–Crippen MR) is 98.1 cm³/mol. The van der Waals surface area contributed by atoms with Crippen molar-refractivity contribution in [2.45, 2.75) is 32.2 Å². The minimum Gasteiger partial charge on any atom is -0.396 e. The number of hydrogen-bond acceptors (Lipinski definition) is 3. The SMILES string of the molecule is CCc1ccc(NC(=O)C(=O)NC(CCCO)c2ccccc2)cc1. The summed E-state index contributed by atoms with van der Waals surface area (Å²) in [6, 6.07) is 16.5. The van der Waals surface area contributed by atoms with Crippen LogP contribution in [0.25, 0.3) is 0 Å². The molecule has 1 unspecified atom stereocenters. The molecular formula is C20H24N2O3. The average Bonchev–Trinajstić information content (AvgIpc) is 2.66. The molecule has 5 nitrogen and oxygen atoms in total. The molecule has 132 valence electrons. The van der Waals surface area contributed by atoms with Crippen LogP contribution in [-0.4, -0.2) is 23.5 Å². The third-order valence-electron chi connectivity index (χ3n) is 3.98. The van der Waals surface area contributed by atoms with Gasteiger partial charge in [0.2, 0.25) is 0 Å². The Labute approximate surface area is 148 Å². The Bertz CT molecular complexity index is 684. The molecule has 0 heterocycles. The van der Waals surface area contributed by atoms with Crippen LogP contribution in [0.1, 0.15) is 36.9 Å². The van der Waals surface area contributed by atoms with Crippen molar-refractivity contribution in [2.24, 2.45) is 0 Å². The minimum absolute atomic E-state index is 0.0369. The van der Waals surface area contributed by atoms with Crippen molar-refractivity contribution in [3.05, 3.63) is 65.7 Å². The third kappa shape index (κ3) is 5.72. The summed E-state index contributed by atoms with van der Waals surface area (Å²) in [7, 11) is 0. The summed E-state index contributed by atoms with van der Waals surface area (Å²) < 4.78 is 0. The lowest BCUT2D eigenvalue weighted by Crippen LogP contribution is -2.38. The summed E-state index contributed by atoms with van der Waals surface area (Å²) in [6.07, 6.45) is 2.02. The number of rotatable bonds is 7. The summed E-state index contributed by atoms with van der Waals surface area (Å²) in [5.74, 6) is -1.39. The van der Waals surface area contributed by atoms with Gasteiger partial charge in [-0.2, -0.15) is 0 Å². The first-order valence-corrected chi connectivity index (χ1v) is 8.50. The van der Waals surface area contributed by atoms with E-state index >= 15 is 0 Å². The summed E-state index contributed by atoms with van der Waals surface area (Å²) in [6.45, 7) is 2.09. The predicted octanol–water partition coefficient (Wildman–Crippen LogP) is 2.82. The number of aryl methyl sites for hydroxylation is 1. The molecule has 0 aliphatic heterocycles. The van der Waals surface area contributed by atoms with Crippen LogP contribution in [0.2, 0.25) is 0 Å². The summed E-state index contributed by atoms with van der Waals surface area (Å²) in [4.78, 5) is 24.4. The van der Waals surface area contributed by atoms with Crippen molar-refractivity contribution in [1.82, 2.24) is 5.32 Å². The Kier molecular flexibility index (Phi) is 7.16. The van der Waals surface area contributed by atoms with Crippen molar-refractivity contribution < 1.29 is 14.7 Å². The molecule has 0 saturated carbocycles. The van der Waals surface area contributed by atoms with Crippen molar-refractivity contribution in [3.8, 4) is 0 Å². The highest BCUT2D eigenvalue weighted by Crippen LogP contribution is 2.18. The van der Waals surface area contributed by atoms with E-state index in [1.807, 2.05) is 42.5 Å². The normalized spacial score (nSPS) is 11.6. The molecular weight excluding hydrogens is 316 g/mol. The largest absolute Gasteiger partial charge is 0.396 e. The van der Waals surface area contributed by atoms with Crippen LogP contribution >= 0.6 is 0 Å². The second-order valence-corrected chi connectivity index (χ2v) is 5.81. The van der Waals surface area contributed by atoms with Crippen molar-refractivity contribution in [1.29, 1.82) is 0 Å². The van der Waals surface area contributed by atoms with Gasteiger partial charge in [-0.15, -0.1) is 0 Å². The Morgan fingerprint density at radius 1 is 1.00 bits per heavy atom. The lowest BCUT2D eigenvalue weighted by molar-refractivity contribution is -0.136. The number of anilines is 1. The highest BCUT2D eigenvalue weighted by Gasteiger charge is 2.19. The lowest BCUT2D eigenvalue weighted by Gasteiger charge is -2.18. The zero-order valence-electron chi connectivity index (χ0n) is 14.4. The molecule has 0 aliphatic rings. The van der Waals surface area contributed by atoms with Crippen LogP contribution in [-0.2, 0) is 16.0 Å². The Balaban J connectivity index is 1.99. The molecule has 0 aromatic heterocycles. The second-order valence-electron chi connectivity index (χ2n) is 5.81. The minimum atomic E-state index is -0.700. The van der Waals surface area contributed by atoms with Gasteiger partial charge in [-0.05, 0) is 42.5 Å². The van der Waals surface area contributed by atoms with E-state index in [4.69, 9.17) is 5.11 Å². The quantitative estimate of drug-likeness (QED) is 0.678. The van der Waals surface area contributed by atoms with E-state index in [2.05, 4.69) is 17.6 Å². The maximum Gasteiger partial charge on any atom is 0.313 e. The fourth-order valence-corrected chi connectivity index (χ4v) is 2.54. The van der Waals surface area contributed by atoms with Gasteiger partial charge in [0, 0.05) is 12.3 Å². The van der Waals surface area contributed by atoms with Crippen molar-refractivity contribution in [3.63, 3.8) is 0 Å². The molecule has 0 bridgehead atoms. The first kappa shape index (κ1) is 18.7. The molecule has 2 amide bonds. The van der Waals surface area contributed by atoms with E-state index in [-0.39, 0.29) is 12.6 Å². The Morgan fingerprint density at radius 3 is 2.28 bits per heavy atom. The average molecular weight is 340 g/mol. The first-order valence-electron chi connectivity index (χ1n) is 8.50. The zero-order chi connectivity index (χ0) is 18.1. The fourth-order valence-electron chi connectivity index (χ4n) is 2.54. The van der Waals surface area contributed by atoms with Crippen LogP contribution in [0.4, 0.5) is 5.69 Å². The number of benzene rings is 2. The summed E-state index contributed by atoms with van der Waals surface area (Å²) in [5.41, 5.74) is 2.66. The number of carbonyl (C=O) groups excluding carboxylic acids is 2. The first-order chi connectivity index (χ1) is 12.1. The summed E-state index contributed by atoms with van der Waals surface area (Å²) in [5, 5.41) is 14.4. The van der Waals surface area contributed by atoms with E-state index in [0.717, 1.165) is 17.5 Å². The van der Waals surface area contributed by atoms with Gasteiger partial charge in [-0.1, -0.05) is 49.4 Å². The van der Waals surface area contributed by atoms with Crippen LogP contribution < -0.4 is 10.6 Å². The van der Waals surface area contributed by atoms with Gasteiger partial charge >= 0.3 is 11.8 Å².